The molecule has 20 heavy (non-hydrogen) atoms. The molecule has 4 aliphatic carbocycles. The summed E-state index contributed by atoms with van der Waals surface area (Å²) >= 11 is 0. The van der Waals surface area contributed by atoms with Crippen LogP contribution in [0.4, 0.5) is 0 Å². The molecule has 0 saturated heterocycles. The Balaban J connectivity index is 1.55. The maximum Gasteiger partial charge on any atom is 0.270 e. The first kappa shape index (κ1) is 12.3. The van der Waals surface area contributed by atoms with E-state index in [9.17, 15) is 4.79 Å². The predicted molar refractivity (Wildman–Crippen MR) is 75.1 cm³/mol. The zero-order valence-corrected chi connectivity index (χ0v) is 11.9. The molecule has 4 aliphatic rings. The molecule has 4 saturated carbocycles. The second-order valence-electron chi connectivity index (χ2n) is 7.14. The van der Waals surface area contributed by atoms with Crippen LogP contribution in [0.15, 0.2) is 12.3 Å². The third-order valence-electron chi connectivity index (χ3n) is 5.43. The molecule has 4 fully saturated rings. The number of aryl methyl sites for hydroxylation is 1. The van der Waals surface area contributed by atoms with Crippen molar-refractivity contribution in [3.05, 3.63) is 23.8 Å². The number of carbonyl (C=O) groups excluding carboxylic acids is 1. The average Bonchev–Trinajstić information content (AvgIpc) is 2.36. The van der Waals surface area contributed by atoms with E-state index in [0.717, 1.165) is 17.8 Å². The van der Waals surface area contributed by atoms with Crippen molar-refractivity contribution in [2.45, 2.75) is 51.0 Å². The topological polar surface area (TPSA) is 54.9 Å². The van der Waals surface area contributed by atoms with Gasteiger partial charge in [0.25, 0.3) is 5.91 Å². The zero-order valence-electron chi connectivity index (χ0n) is 11.9. The predicted octanol–water partition coefficient (Wildman–Crippen LogP) is 2.48. The Bertz CT molecular complexity index is 519. The number of amides is 1. The first-order valence-corrected chi connectivity index (χ1v) is 7.74. The van der Waals surface area contributed by atoms with Crippen LogP contribution in [0.2, 0.25) is 0 Å². The van der Waals surface area contributed by atoms with Gasteiger partial charge in [-0.3, -0.25) is 4.79 Å². The van der Waals surface area contributed by atoms with Crippen LogP contribution in [0.1, 0.15) is 54.8 Å². The fourth-order valence-electron chi connectivity index (χ4n) is 5.15. The molecule has 0 atom stereocenters. The number of carbonyl (C=O) groups is 1. The van der Waals surface area contributed by atoms with E-state index in [-0.39, 0.29) is 11.4 Å². The SMILES string of the molecule is Cc1nccc(C(=O)NC23CC4CC(CC(C4)C2)C3)n1. The summed E-state index contributed by atoms with van der Waals surface area (Å²) in [5, 5.41) is 3.34. The van der Waals surface area contributed by atoms with Crippen molar-refractivity contribution in [1.29, 1.82) is 0 Å². The highest BCUT2D eigenvalue weighted by atomic mass is 16.2. The third kappa shape index (κ3) is 2.02. The number of hydrogen-bond donors (Lipinski definition) is 1. The van der Waals surface area contributed by atoms with Crippen LogP contribution in [0.5, 0.6) is 0 Å². The van der Waals surface area contributed by atoms with Crippen molar-refractivity contribution >= 4 is 5.91 Å². The molecule has 0 spiro atoms. The van der Waals surface area contributed by atoms with E-state index < -0.39 is 0 Å². The van der Waals surface area contributed by atoms with Gasteiger partial charge in [-0.1, -0.05) is 0 Å². The molecule has 1 aromatic heterocycles. The van der Waals surface area contributed by atoms with Crippen LogP contribution in [-0.2, 0) is 0 Å². The Morgan fingerprint density at radius 3 is 2.35 bits per heavy atom. The van der Waals surface area contributed by atoms with Gasteiger partial charge in [-0.05, 0) is 69.3 Å². The second-order valence-corrected chi connectivity index (χ2v) is 7.14. The summed E-state index contributed by atoms with van der Waals surface area (Å²) in [4.78, 5) is 20.8. The minimum atomic E-state index is -0.0162. The van der Waals surface area contributed by atoms with Gasteiger partial charge >= 0.3 is 0 Å². The Hall–Kier alpha value is -1.45. The Morgan fingerprint density at radius 2 is 1.80 bits per heavy atom. The van der Waals surface area contributed by atoms with E-state index >= 15 is 0 Å². The van der Waals surface area contributed by atoms with Gasteiger partial charge in [-0.2, -0.15) is 0 Å². The molecule has 1 amide bonds. The molecule has 1 heterocycles. The van der Waals surface area contributed by atoms with Gasteiger partial charge in [0, 0.05) is 11.7 Å². The van der Waals surface area contributed by atoms with E-state index in [2.05, 4.69) is 15.3 Å². The van der Waals surface area contributed by atoms with Crippen LogP contribution < -0.4 is 5.32 Å². The van der Waals surface area contributed by atoms with Crippen molar-refractivity contribution in [1.82, 2.24) is 15.3 Å². The highest BCUT2D eigenvalue weighted by Crippen LogP contribution is 2.55. The van der Waals surface area contributed by atoms with Gasteiger partial charge in [-0.25, -0.2) is 9.97 Å². The van der Waals surface area contributed by atoms with Gasteiger partial charge in [0.15, 0.2) is 0 Å². The van der Waals surface area contributed by atoms with Crippen molar-refractivity contribution in [3.63, 3.8) is 0 Å². The molecule has 0 aromatic carbocycles. The van der Waals surface area contributed by atoms with E-state index in [4.69, 9.17) is 0 Å². The lowest BCUT2D eigenvalue weighted by Crippen LogP contribution is -2.59. The number of hydrogen-bond acceptors (Lipinski definition) is 3. The molecule has 4 nitrogen and oxygen atoms in total. The number of aromatic nitrogens is 2. The summed E-state index contributed by atoms with van der Waals surface area (Å²) in [6.45, 7) is 1.82. The Labute approximate surface area is 119 Å². The molecule has 1 N–H and O–H groups in total. The van der Waals surface area contributed by atoms with Crippen LogP contribution in [0.25, 0.3) is 0 Å². The van der Waals surface area contributed by atoms with Crippen LogP contribution in [0, 0.1) is 24.7 Å². The molecule has 4 bridgehead atoms. The highest BCUT2D eigenvalue weighted by molar-refractivity contribution is 5.92. The maximum absolute atomic E-state index is 12.5. The average molecular weight is 271 g/mol. The maximum atomic E-state index is 12.5. The quantitative estimate of drug-likeness (QED) is 0.899. The molecule has 4 heteroatoms. The number of nitrogens with one attached hydrogen (secondary N) is 1. The molecule has 5 rings (SSSR count). The van der Waals surface area contributed by atoms with Crippen molar-refractivity contribution in [2.75, 3.05) is 0 Å². The molecule has 0 aliphatic heterocycles. The van der Waals surface area contributed by atoms with E-state index in [1.807, 2.05) is 6.92 Å². The Kier molecular flexibility index (Phi) is 2.63. The van der Waals surface area contributed by atoms with Gasteiger partial charge < -0.3 is 5.32 Å². The van der Waals surface area contributed by atoms with Gasteiger partial charge in [-0.15, -0.1) is 0 Å². The summed E-state index contributed by atoms with van der Waals surface area (Å²) in [5.41, 5.74) is 0.568. The zero-order chi connectivity index (χ0) is 13.7. The van der Waals surface area contributed by atoms with E-state index in [1.54, 1.807) is 12.3 Å². The molecular formula is C16H21N3O. The van der Waals surface area contributed by atoms with Gasteiger partial charge in [0.1, 0.15) is 11.5 Å². The highest BCUT2D eigenvalue weighted by Gasteiger charge is 2.51. The van der Waals surface area contributed by atoms with E-state index in [1.165, 1.54) is 38.5 Å². The first-order chi connectivity index (χ1) is 9.62. The second kappa shape index (κ2) is 4.27. The standard InChI is InChI=1S/C16H21N3O/c1-10-17-3-2-14(18-10)15(20)19-16-7-11-4-12(8-16)6-13(5-11)9-16/h2-3,11-13H,4-9H2,1H3,(H,19,20). The fraction of sp³-hybridized carbons (Fsp3) is 0.688. The number of rotatable bonds is 2. The van der Waals surface area contributed by atoms with Crippen molar-refractivity contribution in [2.24, 2.45) is 17.8 Å². The lowest BCUT2D eigenvalue weighted by atomic mass is 9.53. The number of nitrogens with zero attached hydrogens (tertiary/aromatic N) is 2. The largest absolute Gasteiger partial charge is 0.345 e. The summed E-state index contributed by atoms with van der Waals surface area (Å²) < 4.78 is 0. The molecule has 1 aromatic rings. The monoisotopic (exact) mass is 271 g/mol. The molecular weight excluding hydrogens is 250 g/mol. The first-order valence-electron chi connectivity index (χ1n) is 7.74. The molecule has 0 unspecified atom stereocenters. The summed E-state index contributed by atoms with van der Waals surface area (Å²) in [6, 6.07) is 1.71. The normalized spacial score (nSPS) is 38.0. The van der Waals surface area contributed by atoms with Gasteiger partial charge in [0.2, 0.25) is 0 Å². The Morgan fingerprint density at radius 1 is 1.20 bits per heavy atom. The fourth-order valence-corrected chi connectivity index (χ4v) is 5.15. The minimum Gasteiger partial charge on any atom is -0.345 e. The molecule has 0 radical (unpaired) electrons. The summed E-state index contributed by atoms with van der Waals surface area (Å²) in [5.74, 6) is 3.16. The third-order valence-corrected chi connectivity index (χ3v) is 5.43. The van der Waals surface area contributed by atoms with Crippen molar-refractivity contribution in [3.8, 4) is 0 Å². The van der Waals surface area contributed by atoms with Crippen LogP contribution >= 0.6 is 0 Å². The summed E-state index contributed by atoms with van der Waals surface area (Å²) in [6.07, 6.45) is 9.36. The minimum absolute atomic E-state index is 0.0162. The van der Waals surface area contributed by atoms with Gasteiger partial charge in [0.05, 0.1) is 0 Å². The van der Waals surface area contributed by atoms with E-state index in [0.29, 0.717) is 11.5 Å². The lowest BCUT2D eigenvalue weighted by Gasteiger charge is -2.56. The van der Waals surface area contributed by atoms with Crippen LogP contribution in [-0.4, -0.2) is 21.4 Å². The van der Waals surface area contributed by atoms with Crippen LogP contribution in [0.3, 0.4) is 0 Å². The molecule has 106 valence electrons. The lowest BCUT2D eigenvalue weighted by molar-refractivity contribution is -0.0167. The summed E-state index contributed by atoms with van der Waals surface area (Å²) in [7, 11) is 0. The van der Waals surface area contributed by atoms with Crippen molar-refractivity contribution < 1.29 is 4.79 Å². The smallest absolute Gasteiger partial charge is 0.270 e.